The average Bonchev–Trinajstić information content (AvgIpc) is 1.75. The fourth-order valence-corrected chi connectivity index (χ4v) is 11.5. The van der Waals surface area contributed by atoms with Crippen LogP contribution in [-0.4, -0.2) is 6.41 Å². The van der Waals surface area contributed by atoms with Crippen LogP contribution in [0.2, 0.25) is 0 Å². The van der Waals surface area contributed by atoms with Gasteiger partial charge in [-0.3, -0.25) is 12.2 Å². The Balaban J connectivity index is 0.000000198. The summed E-state index contributed by atoms with van der Waals surface area (Å²) >= 11 is 2.93. The van der Waals surface area contributed by atoms with E-state index in [2.05, 4.69) is 305 Å². The van der Waals surface area contributed by atoms with Crippen LogP contribution < -0.4 is 24.8 Å². The molecule has 4 heteroatoms. The molecule has 0 aromatic heterocycles. The first-order chi connectivity index (χ1) is 39.6. The first-order valence-electron chi connectivity index (χ1n) is 29.9. The molecule has 0 nitrogen and oxygen atoms in total. The molecule has 0 aliphatic heterocycles. The third-order valence-corrected chi connectivity index (χ3v) is 18.4. The molecule has 4 aliphatic rings. The van der Waals surface area contributed by atoms with Crippen molar-refractivity contribution in [2.45, 2.75) is 158 Å². The molecule has 12 rings (SSSR count). The van der Waals surface area contributed by atoms with Crippen molar-refractivity contribution in [3.8, 4) is 22.3 Å². The minimum atomic E-state index is 0. The molecule has 0 radical (unpaired) electrons. The van der Waals surface area contributed by atoms with Crippen molar-refractivity contribution >= 4 is 6.41 Å². The van der Waals surface area contributed by atoms with Crippen molar-refractivity contribution < 1.29 is 73.3 Å². The third-order valence-electron chi connectivity index (χ3n) is 15.6. The Hall–Kier alpha value is -5.19. The second-order valence-corrected chi connectivity index (χ2v) is 29.3. The van der Waals surface area contributed by atoms with Crippen molar-refractivity contribution in [3.63, 3.8) is 0 Å². The second-order valence-electron chi connectivity index (χ2n) is 26.9. The SMILES string of the molecule is CC(C)(C)c1c[c-]c2c(c1)-c1cc(C(C)(C)C)ccc1C2.CC(C)(C)c1c[c-]c2c(c1)-c1cc(C(C)(C)C)ccc1C2.Cc1ccc([C](=[Zr+2])c2ccc(C)cc2)cc1.Cc1ccc([C](=[Zr+2])c2ccc(C)cc2)cc1.[C-]1=CC=CC1.[C-]1=CC=CC1.[Cl-].[Cl-]. The fourth-order valence-electron chi connectivity index (χ4n) is 9.86. The topological polar surface area (TPSA) is 0 Å². The van der Waals surface area contributed by atoms with Crippen LogP contribution in [0.5, 0.6) is 0 Å². The molecule has 0 saturated carbocycles. The van der Waals surface area contributed by atoms with Gasteiger partial charge in [0.25, 0.3) is 0 Å². The van der Waals surface area contributed by atoms with Crippen LogP contribution in [0.4, 0.5) is 0 Å². The Morgan fingerprint density at radius 3 is 0.837 bits per heavy atom. The summed E-state index contributed by atoms with van der Waals surface area (Å²) in [4.78, 5) is 0. The molecule has 0 fully saturated rings. The van der Waals surface area contributed by atoms with Gasteiger partial charge in [-0.25, -0.2) is 24.3 Å². The van der Waals surface area contributed by atoms with Crippen molar-refractivity contribution in [1.29, 1.82) is 0 Å². The molecule has 0 bridgehead atoms. The smallest absolute Gasteiger partial charge is 0.109 e. The van der Waals surface area contributed by atoms with Crippen LogP contribution in [0.25, 0.3) is 22.3 Å². The summed E-state index contributed by atoms with van der Waals surface area (Å²) in [5, 5.41) is 0. The van der Waals surface area contributed by atoms with Crippen LogP contribution in [0, 0.1) is 52.0 Å². The molecule has 86 heavy (non-hydrogen) atoms. The molecule has 4 aliphatic carbocycles. The molecule has 0 amide bonds. The van der Waals surface area contributed by atoms with Crippen molar-refractivity contribution in [1.82, 2.24) is 0 Å². The molecule has 8 aromatic carbocycles. The molecule has 0 saturated heterocycles. The van der Waals surface area contributed by atoms with Crippen molar-refractivity contribution in [2.24, 2.45) is 0 Å². The Morgan fingerprint density at radius 1 is 0.349 bits per heavy atom. The van der Waals surface area contributed by atoms with Gasteiger partial charge in [0.2, 0.25) is 0 Å². The summed E-state index contributed by atoms with van der Waals surface area (Å²) < 4.78 is 2.85. The van der Waals surface area contributed by atoms with E-state index in [0.717, 1.165) is 25.7 Å². The summed E-state index contributed by atoms with van der Waals surface area (Å²) in [6.07, 6.45) is 22.1. The van der Waals surface area contributed by atoms with Crippen molar-refractivity contribution in [2.75, 3.05) is 0 Å². The van der Waals surface area contributed by atoms with Crippen molar-refractivity contribution in [3.05, 3.63) is 307 Å². The summed E-state index contributed by atoms with van der Waals surface area (Å²) in [6.45, 7) is 35.8. The molecule has 8 aromatic rings. The first kappa shape index (κ1) is 71.6. The van der Waals surface area contributed by atoms with Gasteiger partial charge in [0.1, 0.15) is 0 Å². The summed E-state index contributed by atoms with van der Waals surface area (Å²) in [5.74, 6) is 0. The zero-order valence-corrected chi connectivity index (χ0v) is 60.5. The van der Waals surface area contributed by atoms with E-state index in [1.807, 2.05) is 24.3 Å². The number of rotatable bonds is 4. The predicted octanol–water partition coefficient (Wildman–Crippen LogP) is 14.8. The van der Waals surface area contributed by atoms with Gasteiger partial charge in [0, 0.05) is 0 Å². The van der Waals surface area contributed by atoms with E-state index in [0.29, 0.717) is 0 Å². The average molecular weight is 1330 g/mol. The Kier molecular flexibility index (Phi) is 26.5. The third kappa shape index (κ3) is 20.4. The first-order valence-corrected chi connectivity index (χ1v) is 32.4. The Labute approximate surface area is 562 Å². The molecule has 0 atom stereocenters. The van der Waals surface area contributed by atoms with E-state index in [4.69, 9.17) is 0 Å². The van der Waals surface area contributed by atoms with E-state index >= 15 is 0 Å². The number of benzene rings is 8. The van der Waals surface area contributed by atoms with E-state index in [9.17, 15) is 0 Å². The van der Waals surface area contributed by atoms with Gasteiger partial charge in [0.15, 0.2) is 0 Å². The number of halogens is 2. The van der Waals surface area contributed by atoms with Gasteiger partial charge in [-0.2, -0.15) is 70.8 Å². The molecule has 440 valence electrons. The predicted molar refractivity (Wildman–Crippen MR) is 356 cm³/mol. The molecular weight excluding hydrogens is 1240 g/mol. The van der Waals surface area contributed by atoms with Gasteiger partial charge < -0.3 is 24.8 Å². The van der Waals surface area contributed by atoms with Gasteiger partial charge in [-0.15, -0.1) is 24.0 Å². The summed E-state index contributed by atoms with van der Waals surface area (Å²) in [5.41, 5.74) is 28.1. The van der Waals surface area contributed by atoms with Gasteiger partial charge in [-0.05, 0) is 34.8 Å². The minimum absolute atomic E-state index is 0. The molecular formula is C82H88Cl2Zr2-2. The standard InChI is InChI=1S/2C21H25.2C15H14.2C5H5.2ClH.2Zr/c2*1-20(2,3)16-9-7-14-11-15-8-10-17(21(4,5)6)13-19(15)18(14)12-16;2*1-12-3-7-14(8-4-12)11-15-9-5-13(2)6-10-15;2*1-2-4-5-3-1;;;;/h2*7,9-10,12-13H,11H2,1-6H3;2*3-10H,1-2H3;2*1-3H,4H2;2*1H;;/q2*-1;;;2*-1;;;2*+2/p-2. The second kappa shape index (κ2) is 31.8. The zero-order chi connectivity index (χ0) is 61.0. The fraction of sp³-hybridized carbons (Fsp3) is 0.293. The Bertz CT molecular complexity index is 3180. The Morgan fingerprint density at radius 2 is 0.616 bits per heavy atom. The van der Waals surface area contributed by atoms with Gasteiger partial charge in [0.05, 0.1) is 0 Å². The van der Waals surface area contributed by atoms with E-state index in [-0.39, 0.29) is 46.5 Å². The molecule has 0 heterocycles. The maximum Gasteiger partial charge on any atom is -0.109 e. The number of aryl methyl sites for hydroxylation is 4. The van der Waals surface area contributed by atoms with E-state index in [1.54, 1.807) is 0 Å². The number of hydrogen-bond donors (Lipinski definition) is 0. The van der Waals surface area contributed by atoms with E-state index in [1.165, 1.54) is 166 Å². The number of hydrogen-bond acceptors (Lipinski definition) is 0. The molecule has 0 spiro atoms. The number of allylic oxidation sites excluding steroid dienone is 8. The van der Waals surface area contributed by atoms with Crippen LogP contribution in [-0.2, 0) is 83.0 Å². The summed E-state index contributed by atoms with van der Waals surface area (Å²) in [6, 6.07) is 65.2. The quantitative estimate of drug-likeness (QED) is 0.154. The summed E-state index contributed by atoms with van der Waals surface area (Å²) in [7, 11) is 0. The largest absolute Gasteiger partial charge is 1.00 e. The number of fused-ring (bicyclic) bond motifs is 6. The maximum absolute atomic E-state index is 3.53. The van der Waals surface area contributed by atoms with Gasteiger partial charge >= 0.3 is 224 Å². The van der Waals surface area contributed by atoms with Crippen LogP contribution in [0.3, 0.4) is 0 Å². The monoisotopic (exact) mass is 1320 g/mol. The maximum atomic E-state index is 3.53. The normalized spacial score (nSPS) is 12.7. The molecule has 0 N–H and O–H groups in total. The zero-order valence-electron chi connectivity index (χ0n) is 54.1. The van der Waals surface area contributed by atoms with E-state index < -0.39 is 0 Å². The van der Waals surface area contributed by atoms with Gasteiger partial charge in [-0.1, -0.05) is 153 Å². The van der Waals surface area contributed by atoms with Crippen LogP contribution >= 0.6 is 0 Å². The van der Waals surface area contributed by atoms with Crippen LogP contribution in [0.15, 0.2) is 194 Å². The minimum Gasteiger partial charge on any atom is -1.00 e. The van der Waals surface area contributed by atoms with Crippen LogP contribution in [0.1, 0.15) is 185 Å². The molecule has 0 unspecified atom stereocenters.